The minimum absolute atomic E-state index is 0.118. The minimum atomic E-state index is -1.31. The van der Waals surface area contributed by atoms with Crippen molar-refractivity contribution in [2.75, 3.05) is 19.8 Å². The van der Waals surface area contributed by atoms with Crippen molar-refractivity contribution in [3.05, 3.63) is 4.91 Å². The van der Waals surface area contributed by atoms with Gasteiger partial charge in [-0.25, -0.2) is 0 Å². The standard InChI is InChI=1S/C4H9NO4/c6-1-2-9-3-4(7)5-8/h4,6-7H,1-3H2. The second-order valence-electron chi connectivity index (χ2n) is 1.38. The number of hydrogen-bond donors (Lipinski definition) is 2. The molecule has 0 aromatic heterocycles. The van der Waals surface area contributed by atoms with E-state index in [1.165, 1.54) is 0 Å². The Bertz CT molecular complexity index is 77.0. The Morgan fingerprint density at radius 2 is 2.33 bits per heavy atom. The highest BCUT2D eigenvalue weighted by Gasteiger charge is 1.99. The maximum Gasteiger partial charge on any atom is 0.210 e. The molecular weight excluding hydrogens is 126 g/mol. The SMILES string of the molecule is O=NC(O)COCCO. The van der Waals surface area contributed by atoms with Crippen molar-refractivity contribution in [3.8, 4) is 0 Å². The zero-order valence-electron chi connectivity index (χ0n) is 4.86. The maximum atomic E-state index is 9.46. The number of aliphatic hydroxyl groups excluding tert-OH is 2. The molecule has 0 heterocycles. The highest BCUT2D eigenvalue weighted by atomic mass is 16.5. The largest absolute Gasteiger partial charge is 0.394 e. The van der Waals surface area contributed by atoms with Crippen molar-refractivity contribution in [1.82, 2.24) is 0 Å². The lowest BCUT2D eigenvalue weighted by Gasteiger charge is -2.00. The summed E-state index contributed by atoms with van der Waals surface area (Å²) in [5.41, 5.74) is 0. The van der Waals surface area contributed by atoms with Crippen molar-refractivity contribution in [3.63, 3.8) is 0 Å². The van der Waals surface area contributed by atoms with Crippen molar-refractivity contribution >= 4 is 0 Å². The molecule has 0 saturated carbocycles. The van der Waals surface area contributed by atoms with E-state index in [4.69, 9.17) is 10.2 Å². The Morgan fingerprint density at radius 1 is 1.67 bits per heavy atom. The summed E-state index contributed by atoms with van der Waals surface area (Å²) in [6, 6.07) is 0. The molecule has 5 nitrogen and oxygen atoms in total. The lowest BCUT2D eigenvalue weighted by Crippen LogP contribution is -2.13. The van der Waals surface area contributed by atoms with Crippen LogP contribution in [0.5, 0.6) is 0 Å². The summed E-state index contributed by atoms with van der Waals surface area (Å²) in [5.74, 6) is 0. The second-order valence-corrected chi connectivity index (χ2v) is 1.38. The summed E-state index contributed by atoms with van der Waals surface area (Å²) in [4.78, 5) is 9.46. The van der Waals surface area contributed by atoms with E-state index < -0.39 is 6.23 Å². The fraction of sp³-hybridized carbons (Fsp3) is 1.00. The van der Waals surface area contributed by atoms with Crippen molar-refractivity contribution < 1.29 is 14.9 Å². The molecule has 1 atom stereocenters. The predicted octanol–water partition coefficient (Wildman–Crippen LogP) is -0.920. The quantitative estimate of drug-likeness (QED) is 0.377. The average Bonchev–Trinajstić information content (AvgIpc) is 1.89. The number of rotatable bonds is 5. The van der Waals surface area contributed by atoms with Gasteiger partial charge in [0.15, 0.2) is 0 Å². The fourth-order valence-corrected chi connectivity index (χ4v) is 0.284. The molecule has 0 aromatic rings. The highest BCUT2D eigenvalue weighted by molar-refractivity contribution is 4.45. The lowest BCUT2D eigenvalue weighted by atomic mass is 10.6. The highest BCUT2D eigenvalue weighted by Crippen LogP contribution is 1.84. The molecule has 2 N–H and O–H groups in total. The number of nitroso groups, excluding NO2 is 1. The van der Waals surface area contributed by atoms with Crippen molar-refractivity contribution in [2.24, 2.45) is 5.18 Å². The van der Waals surface area contributed by atoms with E-state index in [1.807, 2.05) is 0 Å². The van der Waals surface area contributed by atoms with Gasteiger partial charge in [-0.05, 0) is 5.18 Å². The van der Waals surface area contributed by atoms with Crippen LogP contribution in [0.1, 0.15) is 0 Å². The summed E-state index contributed by atoms with van der Waals surface area (Å²) in [6.07, 6.45) is -1.31. The van der Waals surface area contributed by atoms with E-state index >= 15 is 0 Å². The molecule has 5 heteroatoms. The van der Waals surface area contributed by atoms with Crippen LogP contribution >= 0.6 is 0 Å². The van der Waals surface area contributed by atoms with E-state index in [1.54, 1.807) is 0 Å². The molecular formula is C4H9NO4. The first kappa shape index (κ1) is 8.48. The van der Waals surface area contributed by atoms with Crippen LogP contribution in [-0.4, -0.2) is 36.3 Å². The lowest BCUT2D eigenvalue weighted by molar-refractivity contribution is 0.0246. The third-order valence-corrected chi connectivity index (χ3v) is 0.624. The molecule has 0 aromatic carbocycles. The first-order valence-corrected chi connectivity index (χ1v) is 2.50. The first-order valence-electron chi connectivity index (χ1n) is 2.50. The van der Waals surface area contributed by atoms with Crippen LogP contribution < -0.4 is 0 Å². The number of aliphatic hydroxyl groups is 2. The average molecular weight is 135 g/mol. The second kappa shape index (κ2) is 5.61. The third kappa shape index (κ3) is 5.35. The van der Waals surface area contributed by atoms with Gasteiger partial charge in [-0.3, -0.25) is 0 Å². The smallest absolute Gasteiger partial charge is 0.210 e. The third-order valence-electron chi connectivity index (χ3n) is 0.624. The zero-order chi connectivity index (χ0) is 7.11. The first-order chi connectivity index (χ1) is 4.31. The molecule has 0 radical (unpaired) electrons. The topological polar surface area (TPSA) is 79.1 Å². The van der Waals surface area contributed by atoms with E-state index in [-0.39, 0.29) is 19.8 Å². The van der Waals surface area contributed by atoms with Gasteiger partial charge in [0, 0.05) is 0 Å². The zero-order valence-corrected chi connectivity index (χ0v) is 4.86. The van der Waals surface area contributed by atoms with Gasteiger partial charge in [0.1, 0.15) is 0 Å². The Balaban J connectivity index is 2.96. The van der Waals surface area contributed by atoms with Gasteiger partial charge >= 0.3 is 0 Å². The van der Waals surface area contributed by atoms with E-state index in [0.29, 0.717) is 0 Å². The van der Waals surface area contributed by atoms with Crippen molar-refractivity contribution in [1.29, 1.82) is 0 Å². The number of nitrogens with zero attached hydrogens (tertiary/aromatic N) is 1. The van der Waals surface area contributed by atoms with E-state index in [9.17, 15) is 4.91 Å². The Kier molecular flexibility index (Phi) is 5.29. The molecule has 0 saturated heterocycles. The molecule has 0 aliphatic heterocycles. The Hall–Kier alpha value is -0.520. The molecule has 54 valence electrons. The van der Waals surface area contributed by atoms with Gasteiger partial charge in [0.25, 0.3) is 0 Å². The van der Waals surface area contributed by atoms with Crippen LogP contribution in [0.2, 0.25) is 0 Å². The van der Waals surface area contributed by atoms with Crippen LogP contribution in [0, 0.1) is 4.91 Å². The maximum absolute atomic E-state index is 9.46. The molecule has 0 aliphatic carbocycles. The molecule has 1 unspecified atom stereocenters. The van der Waals surface area contributed by atoms with Gasteiger partial charge in [-0.1, -0.05) is 0 Å². The summed E-state index contributed by atoms with van der Waals surface area (Å²) >= 11 is 0. The van der Waals surface area contributed by atoms with Crippen molar-refractivity contribution in [2.45, 2.75) is 6.23 Å². The normalized spacial score (nSPS) is 13.1. The Morgan fingerprint density at radius 3 is 2.78 bits per heavy atom. The molecule has 9 heavy (non-hydrogen) atoms. The summed E-state index contributed by atoms with van der Waals surface area (Å²) in [6.45, 7) is -0.151. The minimum Gasteiger partial charge on any atom is -0.394 e. The number of ether oxygens (including phenoxy) is 1. The van der Waals surface area contributed by atoms with Crippen LogP contribution in [0.15, 0.2) is 5.18 Å². The van der Waals surface area contributed by atoms with Crippen LogP contribution in [0.3, 0.4) is 0 Å². The monoisotopic (exact) mass is 135 g/mol. The van der Waals surface area contributed by atoms with Gasteiger partial charge in [0.05, 0.1) is 19.8 Å². The van der Waals surface area contributed by atoms with Gasteiger partial charge in [0.2, 0.25) is 6.23 Å². The molecule has 0 amide bonds. The van der Waals surface area contributed by atoms with Crippen LogP contribution in [0.4, 0.5) is 0 Å². The van der Waals surface area contributed by atoms with Gasteiger partial charge in [-0.2, -0.15) is 0 Å². The molecule has 0 bridgehead atoms. The van der Waals surface area contributed by atoms with E-state index in [0.717, 1.165) is 0 Å². The summed E-state index contributed by atoms with van der Waals surface area (Å²) < 4.78 is 4.54. The van der Waals surface area contributed by atoms with Gasteiger partial charge in [-0.15, -0.1) is 4.91 Å². The predicted molar refractivity (Wildman–Crippen MR) is 29.7 cm³/mol. The van der Waals surface area contributed by atoms with Crippen LogP contribution in [-0.2, 0) is 4.74 Å². The summed E-state index contributed by atoms with van der Waals surface area (Å²) in [5, 5.41) is 18.8. The molecule has 0 rings (SSSR count). The van der Waals surface area contributed by atoms with Crippen LogP contribution in [0.25, 0.3) is 0 Å². The van der Waals surface area contributed by atoms with Gasteiger partial charge < -0.3 is 14.9 Å². The van der Waals surface area contributed by atoms with E-state index in [2.05, 4.69) is 9.91 Å². The molecule has 0 fully saturated rings. The fourth-order valence-electron chi connectivity index (χ4n) is 0.284. The molecule has 0 spiro atoms. The molecule has 0 aliphatic rings. The number of hydrogen-bond acceptors (Lipinski definition) is 5. The summed E-state index contributed by atoms with van der Waals surface area (Å²) in [7, 11) is 0. The Labute approximate surface area is 52.2 Å².